The van der Waals surface area contributed by atoms with Gasteiger partial charge < -0.3 is 0 Å². The van der Waals surface area contributed by atoms with Gasteiger partial charge in [-0.3, -0.25) is 0 Å². The molecule has 0 bridgehead atoms. The SMILES string of the molecule is CCCC/C(C)=C(\C)C(Cl)(Cl)C(Cl)(Br)Br. The Balaban J connectivity index is 4.88. The lowest BCUT2D eigenvalue weighted by molar-refractivity contribution is 0.769. The van der Waals surface area contributed by atoms with Gasteiger partial charge in [-0.2, -0.15) is 0 Å². The molecule has 0 aromatic rings. The Morgan fingerprint density at radius 1 is 1.13 bits per heavy atom. The van der Waals surface area contributed by atoms with Crippen molar-refractivity contribution in [3.8, 4) is 0 Å². The predicted molar refractivity (Wildman–Crippen MR) is 78.8 cm³/mol. The zero-order chi connectivity index (χ0) is 12.3. The number of halogens is 5. The summed E-state index contributed by atoms with van der Waals surface area (Å²) in [7, 11) is 0. The molecule has 0 aliphatic carbocycles. The Morgan fingerprint density at radius 2 is 1.60 bits per heavy atom. The van der Waals surface area contributed by atoms with Crippen LogP contribution in [0.2, 0.25) is 0 Å². The van der Waals surface area contributed by atoms with Gasteiger partial charge in [-0.05, 0) is 32.3 Å². The van der Waals surface area contributed by atoms with Crippen molar-refractivity contribution in [2.24, 2.45) is 0 Å². The highest BCUT2D eigenvalue weighted by molar-refractivity contribution is 9.26. The summed E-state index contributed by atoms with van der Waals surface area (Å²) >= 11 is 24.9. The standard InChI is InChI=1S/C10H15Br2Cl3/c1-4-5-6-7(2)8(3)9(13,14)10(11,12)15/h4-6H2,1-3H3/b8-7+. The minimum atomic E-state index is -1.16. The molecule has 0 atom stereocenters. The minimum absolute atomic E-state index is 0.892. The van der Waals surface area contributed by atoms with Gasteiger partial charge in [-0.25, -0.2) is 0 Å². The van der Waals surface area contributed by atoms with Gasteiger partial charge in [-0.1, -0.05) is 85.6 Å². The number of hydrogen-bond acceptors (Lipinski definition) is 0. The Bertz CT molecular complexity index is 242. The van der Waals surface area contributed by atoms with Crippen LogP contribution in [0.15, 0.2) is 11.1 Å². The van der Waals surface area contributed by atoms with Crippen molar-refractivity contribution < 1.29 is 0 Å². The van der Waals surface area contributed by atoms with Crippen LogP contribution in [0, 0.1) is 0 Å². The van der Waals surface area contributed by atoms with E-state index in [0.717, 1.165) is 24.8 Å². The van der Waals surface area contributed by atoms with Crippen molar-refractivity contribution in [2.45, 2.75) is 47.1 Å². The monoisotopic (exact) mass is 398 g/mol. The summed E-state index contributed by atoms with van der Waals surface area (Å²) < 4.78 is -2.19. The van der Waals surface area contributed by atoms with Gasteiger partial charge in [0.05, 0.1) is 0 Å². The molecule has 0 rings (SSSR count). The molecule has 0 N–H and O–H groups in total. The molecule has 0 radical (unpaired) electrons. The van der Waals surface area contributed by atoms with E-state index in [9.17, 15) is 0 Å². The molecule has 90 valence electrons. The first-order chi connectivity index (χ1) is 6.64. The maximum atomic E-state index is 6.22. The second-order valence-corrected chi connectivity index (χ2v) is 9.83. The van der Waals surface area contributed by atoms with Crippen molar-refractivity contribution in [1.82, 2.24) is 0 Å². The normalized spacial score (nSPS) is 15.2. The van der Waals surface area contributed by atoms with Crippen LogP contribution in [-0.4, -0.2) is 7.03 Å². The number of rotatable bonds is 5. The fraction of sp³-hybridized carbons (Fsp3) is 0.800. The first kappa shape index (κ1) is 16.6. The first-order valence-corrected chi connectivity index (χ1v) is 7.48. The third-order valence-electron chi connectivity index (χ3n) is 2.37. The maximum absolute atomic E-state index is 6.22. The molecule has 0 unspecified atom stereocenters. The van der Waals surface area contributed by atoms with E-state index in [-0.39, 0.29) is 0 Å². The third kappa shape index (κ3) is 4.75. The second kappa shape index (κ2) is 6.49. The lowest BCUT2D eigenvalue weighted by Crippen LogP contribution is -2.32. The molecular weight excluding hydrogens is 386 g/mol. The highest BCUT2D eigenvalue weighted by atomic mass is 79.9. The molecule has 0 spiro atoms. The molecule has 0 amide bonds. The van der Waals surface area contributed by atoms with Gasteiger partial charge in [0.25, 0.3) is 0 Å². The lowest BCUT2D eigenvalue weighted by atomic mass is 10.0. The highest BCUT2D eigenvalue weighted by Crippen LogP contribution is 2.53. The molecule has 0 nitrogen and oxygen atoms in total. The van der Waals surface area contributed by atoms with E-state index in [2.05, 4.69) is 38.8 Å². The van der Waals surface area contributed by atoms with Crippen LogP contribution in [0.4, 0.5) is 0 Å². The topological polar surface area (TPSA) is 0 Å². The van der Waals surface area contributed by atoms with Crippen molar-refractivity contribution in [3.63, 3.8) is 0 Å². The Labute approximate surface area is 124 Å². The summed E-state index contributed by atoms with van der Waals surface area (Å²) in [5.74, 6) is 0. The average molecular weight is 401 g/mol. The van der Waals surface area contributed by atoms with E-state index in [1.807, 2.05) is 13.8 Å². The van der Waals surface area contributed by atoms with Gasteiger partial charge in [0.1, 0.15) is 0 Å². The maximum Gasteiger partial charge on any atom is 0.190 e. The van der Waals surface area contributed by atoms with Gasteiger partial charge >= 0.3 is 0 Å². The molecule has 0 aliphatic heterocycles. The Hall–Kier alpha value is 1.57. The molecule has 5 heteroatoms. The number of alkyl halides is 5. The van der Waals surface area contributed by atoms with Gasteiger partial charge in [0.2, 0.25) is 0 Å². The van der Waals surface area contributed by atoms with E-state index < -0.39 is 7.03 Å². The summed E-state index contributed by atoms with van der Waals surface area (Å²) in [5.41, 5.74) is 2.08. The molecule has 0 saturated carbocycles. The first-order valence-electron chi connectivity index (χ1n) is 4.76. The Morgan fingerprint density at radius 3 is 1.93 bits per heavy atom. The minimum Gasteiger partial charge on any atom is -0.0927 e. The van der Waals surface area contributed by atoms with Crippen LogP contribution in [0.1, 0.15) is 40.0 Å². The van der Waals surface area contributed by atoms with E-state index in [1.54, 1.807) is 0 Å². The average Bonchev–Trinajstić information content (AvgIpc) is 2.10. The lowest BCUT2D eigenvalue weighted by Gasteiger charge is -2.30. The second-order valence-electron chi connectivity index (χ2n) is 3.58. The molecule has 0 fully saturated rings. The largest absolute Gasteiger partial charge is 0.190 e. The number of allylic oxidation sites excluding steroid dienone is 2. The zero-order valence-corrected chi connectivity index (χ0v) is 14.5. The van der Waals surface area contributed by atoms with Crippen molar-refractivity contribution >= 4 is 66.7 Å². The molecule has 0 aliphatic rings. The predicted octanol–water partition coefficient (Wildman–Crippen LogP) is 6.37. The molecule has 15 heavy (non-hydrogen) atoms. The quantitative estimate of drug-likeness (QED) is 0.371. The smallest absolute Gasteiger partial charge is 0.0927 e. The third-order valence-corrected chi connectivity index (χ3v) is 6.09. The fourth-order valence-electron chi connectivity index (χ4n) is 1.11. The zero-order valence-electron chi connectivity index (χ0n) is 9.01. The molecule has 0 heterocycles. The van der Waals surface area contributed by atoms with E-state index in [1.165, 1.54) is 5.57 Å². The number of unbranched alkanes of at least 4 members (excludes halogenated alkanes) is 1. The van der Waals surface area contributed by atoms with E-state index in [0.29, 0.717) is 0 Å². The van der Waals surface area contributed by atoms with Crippen LogP contribution in [-0.2, 0) is 0 Å². The number of hydrogen-bond donors (Lipinski definition) is 0. The molecule has 0 aromatic heterocycles. The van der Waals surface area contributed by atoms with Crippen molar-refractivity contribution in [1.29, 1.82) is 0 Å². The molecule has 0 aromatic carbocycles. The van der Waals surface area contributed by atoms with Crippen LogP contribution in [0.3, 0.4) is 0 Å². The van der Waals surface area contributed by atoms with Crippen LogP contribution in [0.5, 0.6) is 0 Å². The van der Waals surface area contributed by atoms with Crippen LogP contribution < -0.4 is 0 Å². The molecule has 0 saturated heterocycles. The Kier molecular flexibility index (Phi) is 7.17. The summed E-state index contributed by atoms with van der Waals surface area (Å²) in [5, 5.41) is 0. The highest BCUT2D eigenvalue weighted by Gasteiger charge is 2.46. The summed E-state index contributed by atoms with van der Waals surface area (Å²) in [6.45, 7) is 6.09. The van der Waals surface area contributed by atoms with Crippen LogP contribution >= 0.6 is 66.7 Å². The summed E-state index contributed by atoms with van der Waals surface area (Å²) in [6.07, 6.45) is 3.28. The molecular formula is C10H15Br2Cl3. The summed E-state index contributed by atoms with van der Waals surface area (Å²) in [4.78, 5) is 0. The van der Waals surface area contributed by atoms with Crippen molar-refractivity contribution in [2.75, 3.05) is 0 Å². The van der Waals surface area contributed by atoms with Gasteiger partial charge in [0.15, 0.2) is 7.03 Å². The summed E-state index contributed by atoms with van der Waals surface area (Å²) in [6, 6.07) is 0. The van der Waals surface area contributed by atoms with E-state index in [4.69, 9.17) is 34.8 Å². The van der Waals surface area contributed by atoms with E-state index >= 15 is 0 Å². The van der Waals surface area contributed by atoms with Gasteiger partial charge in [-0.15, -0.1) is 0 Å². The van der Waals surface area contributed by atoms with Crippen molar-refractivity contribution in [3.05, 3.63) is 11.1 Å². The van der Waals surface area contributed by atoms with Gasteiger partial charge in [0, 0.05) is 0 Å². The fourth-order valence-corrected chi connectivity index (χ4v) is 2.17. The van der Waals surface area contributed by atoms with Crippen LogP contribution in [0.25, 0.3) is 0 Å².